The molecule has 16 heavy (non-hydrogen) atoms. The maximum absolute atomic E-state index is 13.1. The number of halogens is 2. The zero-order valence-electron chi connectivity index (χ0n) is 9.59. The molecule has 0 bridgehead atoms. The number of rotatable bonds is 6. The van der Waals surface area contributed by atoms with Crippen LogP contribution >= 0.6 is 15.9 Å². The van der Waals surface area contributed by atoms with Crippen LogP contribution in [0.4, 0.5) is 4.39 Å². The standard InChI is InChI=1S/C12H17BrFNO/c1-9(2)15-6-3-7-16-10-4-5-11(13)12(14)8-10/h4-5,8-9,15H,3,6-7H2,1-2H3. The fraction of sp³-hybridized carbons (Fsp3) is 0.500. The van der Waals surface area contributed by atoms with Gasteiger partial charge in [-0.05, 0) is 41.0 Å². The van der Waals surface area contributed by atoms with Crippen LogP contribution in [-0.2, 0) is 0 Å². The first-order valence-electron chi connectivity index (χ1n) is 5.41. The lowest BCUT2D eigenvalue weighted by atomic mass is 10.3. The summed E-state index contributed by atoms with van der Waals surface area (Å²) in [5, 5.41) is 3.29. The summed E-state index contributed by atoms with van der Waals surface area (Å²) in [5.41, 5.74) is 0. The third-order valence-electron chi connectivity index (χ3n) is 2.03. The average molecular weight is 290 g/mol. The number of ether oxygens (including phenoxy) is 1. The summed E-state index contributed by atoms with van der Waals surface area (Å²) in [4.78, 5) is 0. The third-order valence-corrected chi connectivity index (χ3v) is 2.68. The predicted molar refractivity (Wildman–Crippen MR) is 67.4 cm³/mol. The van der Waals surface area contributed by atoms with Crippen molar-refractivity contribution < 1.29 is 9.13 Å². The van der Waals surface area contributed by atoms with E-state index in [-0.39, 0.29) is 5.82 Å². The second-order valence-electron chi connectivity index (χ2n) is 3.89. The molecular weight excluding hydrogens is 273 g/mol. The first-order valence-corrected chi connectivity index (χ1v) is 6.20. The van der Waals surface area contributed by atoms with Crippen LogP contribution in [0.25, 0.3) is 0 Å². The molecule has 0 saturated heterocycles. The van der Waals surface area contributed by atoms with E-state index < -0.39 is 0 Å². The summed E-state index contributed by atoms with van der Waals surface area (Å²) in [6.45, 7) is 5.72. The van der Waals surface area contributed by atoms with Crippen molar-refractivity contribution in [2.75, 3.05) is 13.2 Å². The Morgan fingerprint density at radius 2 is 2.19 bits per heavy atom. The van der Waals surface area contributed by atoms with E-state index in [4.69, 9.17) is 4.74 Å². The molecule has 0 aliphatic carbocycles. The van der Waals surface area contributed by atoms with Gasteiger partial charge in [0, 0.05) is 12.1 Å². The molecule has 4 heteroatoms. The highest BCUT2D eigenvalue weighted by Crippen LogP contribution is 2.20. The lowest BCUT2D eigenvalue weighted by molar-refractivity contribution is 0.304. The van der Waals surface area contributed by atoms with E-state index >= 15 is 0 Å². The Kier molecular flexibility index (Phi) is 5.77. The molecular formula is C12H17BrFNO. The molecule has 1 aromatic carbocycles. The topological polar surface area (TPSA) is 21.3 Å². The Morgan fingerprint density at radius 3 is 2.81 bits per heavy atom. The molecule has 0 spiro atoms. The van der Waals surface area contributed by atoms with Crippen LogP contribution in [0.2, 0.25) is 0 Å². The Hall–Kier alpha value is -0.610. The summed E-state index contributed by atoms with van der Waals surface area (Å²) in [6, 6.07) is 5.28. The van der Waals surface area contributed by atoms with E-state index in [1.807, 2.05) is 0 Å². The highest BCUT2D eigenvalue weighted by molar-refractivity contribution is 9.10. The molecule has 0 fully saturated rings. The monoisotopic (exact) mass is 289 g/mol. The molecule has 0 saturated carbocycles. The van der Waals surface area contributed by atoms with Crippen LogP contribution in [0.5, 0.6) is 5.75 Å². The maximum Gasteiger partial charge on any atom is 0.141 e. The molecule has 1 rings (SSSR count). The van der Waals surface area contributed by atoms with Crippen molar-refractivity contribution in [1.82, 2.24) is 5.32 Å². The molecule has 2 nitrogen and oxygen atoms in total. The third kappa shape index (κ3) is 4.94. The molecule has 90 valence electrons. The fourth-order valence-electron chi connectivity index (χ4n) is 1.22. The van der Waals surface area contributed by atoms with Crippen molar-refractivity contribution >= 4 is 15.9 Å². The van der Waals surface area contributed by atoms with Crippen molar-refractivity contribution in [2.24, 2.45) is 0 Å². The molecule has 0 unspecified atom stereocenters. The minimum Gasteiger partial charge on any atom is -0.493 e. The second-order valence-corrected chi connectivity index (χ2v) is 4.74. The van der Waals surface area contributed by atoms with Gasteiger partial charge < -0.3 is 10.1 Å². The Morgan fingerprint density at radius 1 is 1.44 bits per heavy atom. The summed E-state index contributed by atoms with van der Waals surface area (Å²) < 4.78 is 19.0. The van der Waals surface area contributed by atoms with Crippen LogP contribution in [0, 0.1) is 5.82 Å². The van der Waals surface area contributed by atoms with Crippen molar-refractivity contribution in [1.29, 1.82) is 0 Å². The van der Waals surface area contributed by atoms with Crippen LogP contribution in [0.1, 0.15) is 20.3 Å². The van der Waals surface area contributed by atoms with E-state index in [1.54, 1.807) is 12.1 Å². The smallest absolute Gasteiger partial charge is 0.141 e. The van der Waals surface area contributed by atoms with Gasteiger partial charge in [-0.25, -0.2) is 4.39 Å². The van der Waals surface area contributed by atoms with E-state index in [9.17, 15) is 4.39 Å². The molecule has 0 aromatic heterocycles. The maximum atomic E-state index is 13.1. The first kappa shape index (κ1) is 13.5. The Labute approximate surface area is 104 Å². The summed E-state index contributed by atoms with van der Waals surface area (Å²) in [7, 11) is 0. The zero-order valence-corrected chi connectivity index (χ0v) is 11.2. The zero-order chi connectivity index (χ0) is 12.0. The Bertz CT molecular complexity index is 331. The summed E-state index contributed by atoms with van der Waals surface area (Å²) in [5.74, 6) is 0.281. The Balaban J connectivity index is 2.24. The number of hydrogen-bond acceptors (Lipinski definition) is 2. The fourth-order valence-corrected chi connectivity index (χ4v) is 1.47. The lowest BCUT2D eigenvalue weighted by Gasteiger charge is -2.09. The van der Waals surface area contributed by atoms with Crippen LogP contribution < -0.4 is 10.1 Å². The molecule has 0 aliphatic rings. The number of nitrogens with one attached hydrogen (secondary N) is 1. The van der Waals surface area contributed by atoms with Crippen LogP contribution in [-0.4, -0.2) is 19.2 Å². The van der Waals surface area contributed by atoms with Gasteiger partial charge in [0.15, 0.2) is 0 Å². The largest absolute Gasteiger partial charge is 0.493 e. The quantitative estimate of drug-likeness (QED) is 0.811. The molecule has 1 aromatic rings. The van der Waals surface area contributed by atoms with Gasteiger partial charge in [0.2, 0.25) is 0 Å². The van der Waals surface area contributed by atoms with Crippen molar-refractivity contribution in [3.8, 4) is 5.75 Å². The predicted octanol–water partition coefficient (Wildman–Crippen LogP) is 3.36. The van der Waals surface area contributed by atoms with Gasteiger partial charge >= 0.3 is 0 Å². The highest BCUT2D eigenvalue weighted by atomic mass is 79.9. The van der Waals surface area contributed by atoms with Crippen LogP contribution in [0.3, 0.4) is 0 Å². The van der Waals surface area contributed by atoms with Gasteiger partial charge in [-0.1, -0.05) is 13.8 Å². The molecule has 0 aliphatic heterocycles. The van der Waals surface area contributed by atoms with Gasteiger partial charge in [0.1, 0.15) is 11.6 Å². The second kappa shape index (κ2) is 6.86. The van der Waals surface area contributed by atoms with E-state index in [1.165, 1.54) is 6.07 Å². The average Bonchev–Trinajstić information content (AvgIpc) is 2.22. The lowest BCUT2D eigenvalue weighted by Crippen LogP contribution is -2.24. The summed E-state index contributed by atoms with van der Waals surface area (Å²) in [6.07, 6.45) is 0.913. The van der Waals surface area contributed by atoms with Crippen LogP contribution in [0.15, 0.2) is 22.7 Å². The minimum absolute atomic E-state index is 0.294. The molecule has 1 N–H and O–H groups in total. The van der Waals surface area contributed by atoms with E-state index in [0.29, 0.717) is 22.9 Å². The molecule has 0 radical (unpaired) electrons. The van der Waals surface area contributed by atoms with Gasteiger partial charge in [-0.2, -0.15) is 0 Å². The van der Waals surface area contributed by atoms with Crippen molar-refractivity contribution in [2.45, 2.75) is 26.3 Å². The van der Waals surface area contributed by atoms with Gasteiger partial charge in [0.25, 0.3) is 0 Å². The van der Waals surface area contributed by atoms with Gasteiger partial charge in [0.05, 0.1) is 11.1 Å². The van der Waals surface area contributed by atoms with Gasteiger partial charge in [-0.3, -0.25) is 0 Å². The SMILES string of the molecule is CC(C)NCCCOc1ccc(Br)c(F)c1. The van der Waals surface area contributed by atoms with E-state index in [0.717, 1.165) is 13.0 Å². The van der Waals surface area contributed by atoms with Crippen molar-refractivity contribution in [3.05, 3.63) is 28.5 Å². The molecule has 0 atom stereocenters. The highest BCUT2D eigenvalue weighted by Gasteiger charge is 2.01. The molecule has 0 amide bonds. The van der Waals surface area contributed by atoms with E-state index in [2.05, 4.69) is 35.1 Å². The normalized spacial score (nSPS) is 10.8. The molecule has 0 heterocycles. The number of benzene rings is 1. The minimum atomic E-state index is -0.294. The van der Waals surface area contributed by atoms with Crippen molar-refractivity contribution in [3.63, 3.8) is 0 Å². The summed E-state index contributed by atoms with van der Waals surface area (Å²) >= 11 is 3.10. The first-order chi connectivity index (χ1) is 7.59. The number of hydrogen-bond donors (Lipinski definition) is 1. The van der Waals surface area contributed by atoms with Gasteiger partial charge in [-0.15, -0.1) is 0 Å².